The lowest BCUT2D eigenvalue weighted by atomic mass is 10.0. The fourth-order valence-corrected chi connectivity index (χ4v) is 3.90. The van der Waals surface area contributed by atoms with E-state index in [1.807, 2.05) is 18.2 Å². The lowest BCUT2D eigenvalue weighted by Gasteiger charge is -2.32. The maximum atomic E-state index is 12.4. The van der Waals surface area contributed by atoms with Gasteiger partial charge in [-0.15, -0.1) is 0 Å². The molecule has 1 N–H and O–H groups in total. The van der Waals surface area contributed by atoms with Gasteiger partial charge in [-0.2, -0.15) is 0 Å². The molecule has 1 saturated heterocycles. The molecule has 4 rings (SSSR count). The molecule has 0 aliphatic carbocycles. The van der Waals surface area contributed by atoms with Crippen LogP contribution in [0.25, 0.3) is 10.8 Å². The van der Waals surface area contributed by atoms with Crippen molar-refractivity contribution >= 4 is 16.7 Å². The number of benzene rings is 3. The molecule has 0 bridgehead atoms. The lowest BCUT2D eigenvalue weighted by Crippen LogP contribution is -2.43. The predicted molar refractivity (Wildman–Crippen MR) is 119 cm³/mol. The number of nitrogens with one attached hydrogen (secondary N) is 1. The van der Waals surface area contributed by atoms with Crippen molar-refractivity contribution in [1.82, 2.24) is 15.1 Å². The first-order chi connectivity index (χ1) is 14.2. The Bertz CT molecular complexity index is 976. The van der Waals surface area contributed by atoms with Crippen LogP contribution >= 0.6 is 0 Å². The first-order valence-corrected chi connectivity index (χ1v) is 10.4. The Morgan fingerprint density at radius 2 is 1.59 bits per heavy atom. The van der Waals surface area contributed by atoms with E-state index in [4.69, 9.17) is 0 Å². The van der Waals surface area contributed by atoms with Gasteiger partial charge in [0.2, 0.25) is 5.91 Å². The molecule has 1 heterocycles. The number of carbonyl (C=O) groups excluding carboxylic acids is 1. The Labute approximate surface area is 173 Å². The van der Waals surface area contributed by atoms with Gasteiger partial charge in [0.05, 0.1) is 6.42 Å². The number of carbonyl (C=O) groups is 1. The Kier molecular flexibility index (Phi) is 6.23. The predicted octanol–water partition coefficient (Wildman–Crippen LogP) is 3.45. The van der Waals surface area contributed by atoms with E-state index in [-0.39, 0.29) is 5.91 Å². The first kappa shape index (κ1) is 19.6. The molecule has 3 aromatic carbocycles. The topological polar surface area (TPSA) is 35.6 Å². The van der Waals surface area contributed by atoms with Crippen LogP contribution in [0.3, 0.4) is 0 Å². The summed E-state index contributed by atoms with van der Waals surface area (Å²) in [5.41, 5.74) is 3.52. The van der Waals surface area contributed by atoms with Crippen molar-refractivity contribution < 1.29 is 4.79 Å². The van der Waals surface area contributed by atoms with Crippen LogP contribution in [0.1, 0.15) is 16.7 Å². The van der Waals surface area contributed by atoms with Crippen LogP contribution in [0.15, 0.2) is 66.7 Å². The summed E-state index contributed by atoms with van der Waals surface area (Å²) in [5, 5.41) is 5.45. The highest BCUT2D eigenvalue weighted by Crippen LogP contribution is 2.16. The number of nitrogens with zero attached hydrogens (tertiary/aromatic N) is 2. The molecule has 1 aliphatic rings. The molecule has 4 heteroatoms. The molecule has 1 aliphatic heterocycles. The highest BCUT2D eigenvalue weighted by atomic mass is 16.1. The minimum atomic E-state index is 0.0600. The number of fused-ring (bicyclic) bond motifs is 1. The van der Waals surface area contributed by atoms with Crippen LogP contribution < -0.4 is 5.32 Å². The van der Waals surface area contributed by atoms with E-state index in [0.717, 1.165) is 43.9 Å². The van der Waals surface area contributed by atoms with Gasteiger partial charge in [-0.1, -0.05) is 66.7 Å². The molecular weight excluding hydrogens is 358 g/mol. The van der Waals surface area contributed by atoms with Gasteiger partial charge in [0, 0.05) is 39.3 Å². The Morgan fingerprint density at radius 3 is 2.41 bits per heavy atom. The van der Waals surface area contributed by atoms with Crippen molar-refractivity contribution in [3.63, 3.8) is 0 Å². The number of rotatable bonds is 6. The van der Waals surface area contributed by atoms with Gasteiger partial charge in [0.25, 0.3) is 0 Å². The van der Waals surface area contributed by atoms with Crippen molar-refractivity contribution in [3.8, 4) is 0 Å². The fourth-order valence-electron chi connectivity index (χ4n) is 3.90. The number of likely N-dealkylation sites (N-methyl/N-ethyl adjacent to an activating group) is 1. The van der Waals surface area contributed by atoms with Crippen molar-refractivity contribution in [3.05, 3.63) is 83.4 Å². The molecule has 150 valence electrons. The third-order valence-corrected chi connectivity index (χ3v) is 5.66. The normalized spacial score (nSPS) is 15.5. The molecule has 3 aromatic rings. The molecule has 1 fully saturated rings. The number of hydrogen-bond donors (Lipinski definition) is 1. The van der Waals surface area contributed by atoms with Crippen molar-refractivity contribution in [1.29, 1.82) is 0 Å². The van der Waals surface area contributed by atoms with Crippen LogP contribution in [-0.2, 0) is 24.3 Å². The molecule has 29 heavy (non-hydrogen) atoms. The second kappa shape index (κ2) is 9.21. The van der Waals surface area contributed by atoms with Crippen LogP contribution in [-0.4, -0.2) is 48.9 Å². The quantitative estimate of drug-likeness (QED) is 0.704. The fraction of sp³-hybridized carbons (Fsp3) is 0.320. The number of piperazine rings is 1. The minimum Gasteiger partial charge on any atom is -0.352 e. The van der Waals surface area contributed by atoms with Crippen LogP contribution in [0.5, 0.6) is 0 Å². The average molecular weight is 388 g/mol. The summed E-state index contributed by atoms with van der Waals surface area (Å²) in [4.78, 5) is 17.3. The van der Waals surface area contributed by atoms with Crippen molar-refractivity contribution in [2.24, 2.45) is 0 Å². The summed E-state index contributed by atoms with van der Waals surface area (Å²) < 4.78 is 0. The van der Waals surface area contributed by atoms with Crippen LogP contribution in [0.4, 0.5) is 0 Å². The van der Waals surface area contributed by atoms with Gasteiger partial charge in [-0.3, -0.25) is 9.69 Å². The summed E-state index contributed by atoms with van der Waals surface area (Å²) in [5.74, 6) is 0.0600. The molecule has 0 radical (unpaired) electrons. The summed E-state index contributed by atoms with van der Waals surface area (Å²) in [7, 11) is 2.18. The summed E-state index contributed by atoms with van der Waals surface area (Å²) in [6.07, 6.45) is 0.409. The lowest BCUT2D eigenvalue weighted by molar-refractivity contribution is -0.120. The maximum Gasteiger partial charge on any atom is 0.224 e. The minimum absolute atomic E-state index is 0.0600. The largest absolute Gasteiger partial charge is 0.352 e. The van der Waals surface area contributed by atoms with E-state index in [1.54, 1.807) is 0 Å². The summed E-state index contributed by atoms with van der Waals surface area (Å²) >= 11 is 0. The smallest absolute Gasteiger partial charge is 0.224 e. The van der Waals surface area contributed by atoms with E-state index in [1.165, 1.54) is 16.3 Å². The van der Waals surface area contributed by atoms with Crippen molar-refractivity contribution in [2.45, 2.75) is 19.5 Å². The SMILES string of the molecule is CN1CCN(Cc2cccc(CNC(=O)Cc3ccc4ccccc4c3)c2)CC1. The summed E-state index contributed by atoms with van der Waals surface area (Å²) in [6.45, 7) is 6.04. The standard InChI is InChI=1S/C25H29N3O/c1-27-11-13-28(14-12-27)19-22-6-4-5-21(15-22)18-26-25(29)17-20-9-10-23-7-2-3-8-24(23)16-20/h2-10,15-16H,11-14,17-19H2,1H3,(H,26,29). The maximum absolute atomic E-state index is 12.4. The van der Waals surface area contributed by atoms with Gasteiger partial charge in [0.15, 0.2) is 0 Å². The Morgan fingerprint density at radius 1 is 0.828 bits per heavy atom. The molecule has 0 saturated carbocycles. The van der Waals surface area contributed by atoms with Crippen LogP contribution in [0, 0.1) is 0 Å². The molecule has 0 aromatic heterocycles. The molecular formula is C25H29N3O. The summed E-state index contributed by atoms with van der Waals surface area (Å²) in [6, 6.07) is 23.0. The Hall–Kier alpha value is -2.69. The van der Waals surface area contributed by atoms with Crippen molar-refractivity contribution in [2.75, 3.05) is 33.2 Å². The highest BCUT2D eigenvalue weighted by Gasteiger charge is 2.14. The van der Waals surface area contributed by atoms with Gasteiger partial charge >= 0.3 is 0 Å². The number of amides is 1. The molecule has 0 unspecified atom stereocenters. The third-order valence-electron chi connectivity index (χ3n) is 5.66. The first-order valence-electron chi connectivity index (χ1n) is 10.4. The van der Waals surface area contributed by atoms with Gasteiger partial charge in [-0.05, 0) is 34.5 Å². The molecule has 0 atom stereocenters. The van der Waals surface area contributed by atoms with E-state index < -0.39 is 0 Å². The molecule has 4 nitrogen and oxygen atoms in total. The highest BCUT2D eigenvalue weighted by molar-refractivity contribution is 5.85. The van der Waals surface area contributed by atoms with E-state index >= 15 is 0 Å². The molecule has 1 amide bonds. The zero-order valence-corrected chi connectivity index (χ0v) is 17.1. The monoisotopic (exact) mass is 387 g/mol. The van der Waals surface area contributed by atoms with Crippen LogP contribution in [0.2, 0.25) is 0 Å². The van der Waals surface area contributed by atoms with E-state index in [2.05, 4.69) is 70.7 Å². The third kappa shape index (κ3) is 5.43. The second-order valence-electron chi connectivity index (χ2n) is 8.03. The zero-order valence-electron chi connectivity index (χ0n) is 17.1. The van der Waals surface area contributed by atoms with Gasteiger partial charge in [-0.25, -0.2) is 0 Å². The Balaban J connectivity index is 1.30. The molecule has 0 spiro atoms. The second-order valence-corrected chi connectivity index (χ2v) is 8.03. The zero-order chi connectivity index (χ0) is 20.1. The van der Waals surface area contributed by atoms with E-state index in [9.17, 15) is 4.79 Å². The van der Waals surface area contributed by atoms with Gasteiger partial charge < -0.3 is 10.2 Å². The average Bonchev–Trinajstić information content (AvgIpc) is 2.74. The van der Waals surface area contributed by atoms with Gasteiger partial charge in [0.1, 0.15) is 0 Å². The van der Waals surface area contributed by atoms with E-state index in [0.29, 0.717) is 13.0 Å². The number of hydrogen-bond acceptors (Lipinski definition) is 3.